The maximum Gasteiger partial charge on any atom is 0.261 e. The molecule has 0 radical (unpaired) electrons. The molecule has 9 N–H and O–H groups in total. The third-order valence-corrected chi connectivity index (χ3v) is 29.7. The number of aliphatic hydroxyl groups excluding tert-OH is 1. The summed E-state index contributed by atoms with van der Waals surface area (Å²) in [6, 6.07) is 0. The molecule has 3 fully saturated rings. The van der Waals surface area contributed by atoms with Gasteiger partial charge in [0.1, 0.15) is 82.2 Å². The zero-order valence-corrected chi connectivity index (χ0v) is 93.5. The molecular weight excluding hydrogens is 2210 g/mol. The SMILES string of the molecule is CCC(=O)CCCC(=O)c1nc(C)sc1Cl.CNC(=O)CCC(=O)c1nc(C)sc1Cl.CNC(=O)CCC(=O)c1nc(C)sc1F.Cc1nc(C(=O)CCC(N)=O)c(Cl)s1.Cc1nc(C(=O)CCC(N)=O)c(F)s1.Cc1nc(C(=O)CCCC(N)=O)c(Cl)s1.Cc1nc(C(=O)CCCN2CCC(F)(F)C2)c(Cl)s1.Cc1nc(C(=O)CCCN2CCC(F)C2)c(Cl)s1.Cc1nc(C(=O)CCCN2CCC(O)C2)c(Cl)s1. The van der Waals surface area contributed by atoms with Gasteiger partial charge in [-0.25, -0.2) is 58.0 Å². The van der Waals surface area contributed by atoms with Crippen molar-refractivity contribution in [2.24, 2.45) is 17.2 Å². The Morgan fingerprint density at radius 3 is 0.826 bits per heavy atom. The minimum atomic E-state index is -2.57. The summed E-state index contributed by atoms with van der Waals surface area (Å²) in [4.78, 5) is 211. The summed E-state index contributed by atoms with van der Waals surface area (Å²) in [7, 11) is 3.02. The van der Waals surface area contributed by atoms with E-state index in [0.717, 1.165) is 110 Å². The lowest BCUT2D eigenvalue weighted by atomic mass is 10.1. The Balaban J connectivity index is 0.000000338. The van der Waals surface area contributed by atoms with Crippen LogP contribution in [0.2, 0.25) is 30.4 Å². The normalized spacial score (nSPS) is 13.9. The number of Topliss-reactive ketones (excluding diaryl/α,β-unsaturated/α-hetero) is 10. The molecule has 3 saturated heterocycles. The molecule has 0 saturated carbocycles. The Labute approximate surface area is 900 Å². The number of alkyl halides is 3. The van der Waals surface area contributed by atoms with Gasteiger partial charge in [-0.05, 0) is 127 Å². The van der Waals surface area contributed by atoms with Gasteiger partial charge in [0, 0.05) is 156 Å². The maximum absolute atomic E-state index is 13.1. The molecule has 2 unspecified atom stereocenters. The van der Waals surface area contributed by atoms with Crippen LogP contribution in [0.25, 0.3) is 0 Å². The summed E-state index contributed by atoms with van der Waals surface area (Å²) in [5.74, 6) is -5.91. The summed E-state index contributed by atoms with van der Waals surface area (Å²) in [6.45, 7) is 23.0. The molecule has 0 aromatic carbocycles. The van der Waals surface area contributed by atoms with Gasteiger partial charge in [0.15, 0.2) is 63.4 Å². The molecule has 3 aliphatic rings. The number of nitrogens with two attached hydrogens (primary N) is 3. The first-order valence-electron chi connectivity index (χ1n) is 44.7. The lowest BCUT2D eigenvalue weighted by molar-refractivity contribution is -0.121. The smallest absolute Gasteiger partial charge is 0.261 e. The third kappa shape index (κ3) is 48.7. The highest BCUT2D eigenvalue weighted by Crippen LogP contribution is 2.34. The van der Waals surface area contributed by atoms with Gasteiger partial charge in [-0.3, -0.25) is 76.8 Å². The number of likely N-dealkylation sites (tertiary alicyclic amines) is 3. The summed E-state index contributed by atoms with van der Waals surface area (Å²) in [6.07, 6.45) is 6.88. The first-order chi connectivity index (χ1) is 67.6. The van der Waals surface area contributed by atoms with E-state index in [9.17, 15) is 99.0 Å². The number of aryl methyl sites for hydroxylation is 9. The fourth-order valence-electron chi connectivity index (χ4n) is 12.8. The molecule has 9 aromatic heterocycles. The zero-order valence-electron chi connectivity index (χ0n) is 80.9. The van der Waals surface area contributed by atoms with Crippen LogP contribution in [0.4, 0.5) is 22.0 Å². The minimum Gasteiger partial charge on any atom is -0.392 e. The predicted molar refractivity (Wildman–Crippen MR) is 558 cm³/mol. The number of β-amino-alcohol motifs (C(OH)–C–C–N with tert-alkyl or cyclic N) is 1. The summed E-state index contributed by atoms with van der Waals surface area (Å²) in [5.41, 5.74) is 16.7. The predicted octanol–water partition coefficient (Wildman–Crippen LogP) is 19.7. The highest BCUT2D eigenvalue weighted by Gasteiger charge is 2.38. The van der Waals surface area contributed by atoms with Gasteiger partial charge >= 0.3 is 0 Å². The van der Waals surface area contributed by atoms with Crippen LogP contribution in [-0.2, 0) is 28.8 Å². The Morgan fingerprint density at radius 1 is 0.347 bits per heavy atom. The average molecular weight is 2320 g/mol. The van der Waals surface area contributed by atoms with E-state index in [2.05, 4.69) is 65.3 Å². The van der Waals surface area contributed by atoms with Crippen molar-refractivity contribution < 1.29 is 99.0 Å². The number of nitrogens with one attached hydrogen (secondary N) is 2. The number of thiazole rings is 9. The number of amides is 5. The summed E-state index contributed by atoms with van der Waals surface area (Å²) in [5, 5.41) is 19.5. The topological polar surface area (TPSA) is 504 Å². The van der Waals surface area contributed by atoms with E-state index in [1.807, 2.05) is 27.7 Å². The molecule has 5 amide bonds. The first kappa shape index (κ1) is 129. The van der Waals surface area contributed by atoms with Crippen LogP contribution in [0, 0.1) is 72.6 Å². The Bertz CT molecular complexity index is 5640. The Hall–Kier alpha value is -7.76. The van der Waals surface area contributed by atoms with E-state index in [0.29, 0.717) is 153 Å². The van der Waals surface area contributed by atoms with E-state index >= 15 is 0 Å². The maximum atomic E-state index is 13.1. The van der Waals surface area contributed by atoms with Crippen molar-refractivity contribution in [2.45, 2.75) is 242 Å². The van der Waals surface area contributed by atoms with Gasteiger partial charge in [0.2, 0.25) is 39.8 Å². The molecule has 0 spiro atoms. The van der Waals surface area contributed by atoms with Crippen molar-refractivity contribution >= 4 is 271 Å². The van der Waals surface area contributed by atoms with E-state index in [4.69, 9.17) is 98.4 Å². The number of aliphatic hydroxyl groups is 1. The second kappa shape index (κ2) is 65.9. The van der Waals surface area contributed by atoms with Gasteiger partial charge in [0.05, 0.1) is 57.7 Å². The minimum absolute atomic E-state index is 0.0136. The lowest BCUT2D eigenvalue weighted by Gasteiger charge is -2.14. The quantitative estimate of drug-likeness (QED) is 0.0153. The van der Waals surface area contributed by atoms with Crippen LogP contribution in [0.5, 0.6) is 0 Å². The lowest BCUT2D eigenvalue weighted by Crippen LogP contribution is -2.26. The van der Waals surface area contributed by atoms with Crippen molar-refractivity contribution in [2.75, 3.05) is 73.0 Å². The van der Waals surface area contributed by atoms with E-state index in [1.165, 1.54) is 93.5 Å². The largest absolute Gasteiger partial charge is 0.392 e. The fourth-order valence-corrected chi connectivity index (χ4v) is 22.1. The first-order valence-corrected chi connectivity index (χ1v) is 54.7. The number of halogens is 12. The Kier molecular flexibility index (Phi) is 58.9. The van der Waals surface area contributed by atoms with Gasteiger partial charge < -0.3 is 42.7 Å². The molecule has 33 nitrogen and oxygen atoms in total. The number of hydrogen-bond acceptors (Lipinski definition) is 37. The number of carbonyl (C=O) groups is 15. The van der Waals surface area contributed by atoms with Crippen molar-refractivity contribution in [3.8, 4) is 0 Å². The molecule has 12 heterocycles. The highest BCUT2D eigenvalue weighted by atomic mass is 35.5. The Morgan fingerprint density at radius 2 is 0.597 bits per heavy atom. The van der Waals surface area contributed by atoms with Crippen LogP contribution in [0.15, 0.2) is 0 Å². The average Bonchev–Trinajstić information content (AvgIpc) is 1.72. The fraction of sp³-hybridized carbons (Fsp3) is 0.533. The number of ketones is 10. The number of nitrogens with zero attached hydrogens (tertiary/aromatic N) is 12. The van der Waals surface area contributed by atoms with Gasteiger partial charge in [-0.15, -0.1) is 79.4 Å². The number of rotatable bonds is 42. The number of primary amides is 3. The van der Waals surface area contributed by atoms with Gasteiger partial charge in [0.25, 0.3) is 5.92 Å². The second-order valence-electron chi connectivity index (χ2n) is 32.0. The molecule has 0 aliphatic carbocycles. The molecule has 792 valence electrons. The third-order valence-electron chi connectivity index (χ3n) is 20.0. The second-order valence-corrected chi connectivity index (χ2v) is 46.9. The highest BCUT2D eigenvalue weighted by molar-refractivity contribution is 7.18. The van der Waals surface area contributed by atoms with Crippen LogP contribution in [0.3, 0.4) is 0 Å². The van der Waals surface area contributed by atoms with Gasteiger partial charge in [-0.2, -0.15) is 8.78 Å². The molecule has 3 aliphatic heterocycles. The molecule has 9 aromatic rings. The molecule has 12 rings (SSSR count). The van der Waals surface area contributed by atoms with Gasteiger partial charge in [-0.1, -0.05) is 111 Å². The zero-order chi connectivity index (χ0) is 108. The van der Waals surface area contributed by atoms with Crippen molar-refractivity contribution in [3.63, 3.8) is 0 Å². The van der Waals surface area contributed by atoms with E-state index in [1.54, 1.807) is 46.4 Å². The molecule has 54 heteroatoms. The summed E-state index contributed by atoms with van der Waals surface area (Å²) < 4.78 is 68.0. The molecule has 2 atom stereocenters. The molecule has 0 bridgehead atoms. The van der Waals surface area contributed by atoms with E-state index < -0.39 is 51.6 Å². The standard InChI is InChI=1S/C12H15ClF2N2OS.C12H16ClFN2OS.C12H17ClN2O2S.C11H14ClNO2S.2C9H11ClN2O2S.C9H11FN2O2S.C8H9ClN2O2S.C8H9FN2O2S/c1-8-16-10(11(13)19-8)9(18)3-2-5-17-6-4-12(14,15)7-17;1-8-15-11(12(13)18-8)10(17)3-2-5-16-6-4-9(14)7-16;1-8-14-11(12(13)18-8)10(17)3-2-5-15-6-4-9(16)7-15;1-3-8(14)5-4-6-9(15)10-11(12)16-7(2)13-10;1-5-12-8(9(10)15-5)6(13)3-4-7(14)11-2;1-5-12-8(9(10)15-5)6(13)3-2-4-7(11)14;1-5-12-8(9(10)15-5)6(13)3-4-7(14)11-2;2*1-4-11-7(8(9)14-4)5(12)2-3-6(10)13/h2-7H2,1H3;9H,2-7H2,1H3;9,16H,2-7H2,1H3;3-6H2,1-2H3;3-4H2,1-2H3,(H,11,14);2-4H2,1H3,(H2,11,14);3-4H2,1-2H3,(H,11,14);2*2-3H2,1H3,(H2,10,13). The molecular formula is C90H113Cl7F5N17O16S9. The summed E-state index contributed by atoms with van der Waals surface area (Å²) >= 11 is 51.8. The number of aromatic nitrogens is 9. The van der Waals surface area contributed by atoms with Crippen LogP contribution < -0.4 is 27.8 Å². The van der Waals surface area contributed by atoms with Crippen molar-refractivity contribution in [1.82, 2.24) is 70.2 Å². The van der Waals surface area contributed by atoms with Crippen LogP contribution in [0.1, 0.15) is 300 Å². The van der Waals surface area contributed by atoms with Crippen molar-refractivity contribution in [1.29, 1.82) is 0 Å². The molecule has 144 heavy (non-hydrogen) atoms. The van der Waals surface area contributed by atoms with Crippen LogP contribution in [-0.4, -0.2) is 243 Å². The number of carbonyl (C=O) groups excluding carboxylic acids is 15. The van der Waals surface area contributed by atoms with Crippen LogP contribution >= 0.6 is 183 Å². The van der Waals surface area contributed by atoms with E-state index in [-0.39, 0.29) is 164 Å². The number of hydrogen-bond donors (Lipinski definition) is 6. The monoisotopic (exact) mass is 2320 g/mol. The van der Waals surface area contributed by atoms with Crippen molar-refractivity contribution in [3.05, 3.63) is 137 Å².